The minimum atomic E-state index is -4.04. The van der Waals surface area contributed by atoms with Crippen molar-refractivity contribution in [2.45, 2.75) is 11.8 Å². The molecule has 0 aliphatic rings. The first-order valence-electron chi connectivity index (χ1n) is 5.54. The molecule has 0 spiro atoms. The molecule has 0 aliphatic heterocycles. The van der Waals surface area contributed by atoms with E-state index in [0.717, 1.165) is 0 Å². The fourth-order valence-corrected chi connectivity index (χ4v) is 3.10. The number of carbonyl (C=O) groups is 1. The average Bonchev–Trinajstić information content (AvgIpc) is 2.35. The van der Waals surface area contributed by atoms with E-state index < -0.39 is 16.0 Å². The number of benzene rings is 1. The lowest BCUT2D eigenvalue weighted by Gasteiger charge is -2.09. The molecule has 1 aromatic carbocycles. The lowest BCUT2D eigenvalue weighted by Crippen LogP contribution is -2.16. The summed E-state index contributed by atoms with van der Waals surface area (Å²) in [5.74, 6) is -0.749. The van der Waals surface area contributed by atoms with Crippen molar-refractivity contribution in [1.29, 1.82) is 0 Å². The number of hydrogen-bond acceptors (Lipinski definition) is 5. The highest BCUT2D eigenvalue weighted by molar-refractivity contribution is 9.10. The summed E-state index contributed by atoms with van der Waals surface area (Å²) in [6.07, 6.45) is 0. The zero-order valence-electron chi connectivity index (χ0n) is 10.6. The molecule has 112 valence electrons. The summed E-state index contributed by atoms with van der Waals surface area (Å²) in [4.78, 5) is 11.5. The SMILES string of the molecule is CCOCCOC(=O)c1cc(Br)cc(S(N)(=O)=O)c1Cl. The number of halogens is 2. The number of esters is 1. The van der Waals surface area contributed by atoms with Crippen LogP contribution >= 0.6 is 27.5 Å². The van der Waals surface area contributed by atoms with E-state index in [0.29, 0.717) is 11.1 Å². The van der Waals surface area contributed by atoms with Gasteiger partial charge in [0.1, 0.15) is 11.5 Å². The Bertz CT molecular complexity index is 605. The number of rotatable bonds is 6. The Balaban J connectivity index is 3.01. The van der Waals surface area contributed by atoms with E-state index in [2.05, 4.69) is 15.9 Å². The molecule has 0 radical (unpaired) electrons. The van der Waals surface area contributed by atoms with Gasteiger partial charge in [-0.25, -0.2) is 18.4 Å². The molecule has 0 saturated heterocycles. The third-order valence-corrected chi connectivity index (χ3v) is 4.11. The van der Waals surface area contributed by atoms with Gasteiger partial charge >= 0.3 is 5.97 Å². The van der Waals surface area contributed by atoms with Crippen LogP contribution in [0.3, 0.4) is 0 Å². The summed E-state index contributed by atoms with van der Waals surface area (Å²) in [5, 5.41) is 4.76. The number of hydrogen-bond donors (Lipinski definition) is 1. The quantitative estimate of drug-likeness (QED) is 0.595. The van der Waals surface area contributed by atoms with Gasteiger partial charge in [0, 0.05) is 11.1 Å². The number of nitrogens with two attached hydrogens (primary N) is 1. The van der Waals surface area contributed by atoms with E-state index in [1.807, 2.05) is 6.92 Å². The largest absolute Gasteiger partial charge is 0.460 e. The van der Waals surface area contributed by atoms with E-state index in [-0.39, 0.29) is 28.7 Å². The molecule has 9 heteroatoms. The summed E-state index contributed by atoms with van der Waals surface area (Å²) in [5.41, 5.74) is -0.0819. The Labute approximate surface area is 130 Å². The third-order valence-electron chi connectivity index (χ3n) is 2.20. The minimum Gasteiger partial charge on any atom is -0.460 e. The van der Waals surface area contributed by atoms with Gasteiger partial charge in [-0.1, -0.05) is 27.5 Å². The predicted octanol–water partition coefficient (Wildman–Crippen LogP) is 1.94. The van der Waals surface area contributed by atoms with Gasteiger partial charge in [-0.15, -0.1) is 0 Å². The first-order chi connectivity index (χ1) is 9.27. The van der Waals surface area contributed by atoms with Crippen LogP contribution in [-0.2, 0) is 19.5 Å². The Kier molecular flexibility index (Phi) is 6.41. The molecular formula is C11H13BrClNO5S. The van der Waals surface area contributed by atoms with Crippen molar-refractivity contribution in [2.75, 3.05) is 19.8 Å². The van der Waals surface area contributed by atoms with Gasteiger partial charge in [0.25, 0.3) is 0 Å². The average molecular weight is 387 g/mol. The van der Waals surface area contributed by atoms with Crippen LogP contribution < -0.4 is 5.14 Å². The van der Waals surface area contributed by atoms with Gasteiger partial charge in [0.2, 0.25) is 10.0 Å². The van der Waals surface area contributed by atoms with Crippen LogP contribution in [0.4, 0.5) is 0 Å². The van der Waals surface area contributed by atoms with Crippen LogP contribution in [0.15, 0.2) is 21.5 Å². The zero-order chi connectivity index (χ0) is 15.3. The fraction of sp³-hybridized carbons (Fsp3) is 0.364. The van der Waals surface area contributed by atoms with Crippen LogP contribution in [-0.4, -0.2) is 34.2 Å². The molecule has 6 nitrogen and oxygen atoms in total. The Morgan fingerprint density at radius 3 is 2.60 bits per heavy atom. The molecule has 0 unspecified atom stereocenters. The summed E-state index contributed by atoms with van der Waals surface area (Å²) in [6.45, 7) is 2.60. The Morgan fingerprint density at radius 2 is 2.05 bits per heavy atom. The van der Waals surface area contributed by atoms with Gasteiger partial charge in [-0.05, 0) is 19.1 Å². The number of primary sulfonamides is 1. The van der Waals surface area contributed by atoms with Crippen LogP contribution in [0, 0.1) is 0 Å². The maximum absolute atomic E-state index is 11.8. The maximum Gasteiger partial charge on any atom is 0.339 e. The highest BCUT2D eigenvalue weighted by Gasteiger charge is 2.21. The molecule has 0 aromatic heterocycles. The molecular weight excluding hydrogens is 374 g/mol. The molecule has 0 heterocycles. The first kappa shape index (κ1) is 17.4. The number of carbonyl (C=O) groups excluding carboxylic acids is 1. The molecule has 20 heavy (non-hydrogen) atoms. The molecule has 0 atom stereocenters. The summed E-state index contributed by atoms with van der Waals surface area (Å²) >= 11 is 8.98. The molecule has 0 amide bonds. The maximum atomic E-state index is 11.8. The highest BCUT2D eigenvalue weighted by Crippen LogP contribution is 2.29. The Morgan fingerprint density at radius 1 is 1.40 bits per heavy atom. The van der Waals surface area contributed by atoms with Gasteiger partial charge in [0.15, 0.2) is 0 Å². The Hall–Kier alpha value is -0.670. The molecule has 0 bridgehead atoms. The molecule has 2 N–H and O–H groups in total. The van der Waals surface area contributed by atoms with E-state index in [1.54, 1.807) is 0 Å². The summed E-state index contributed by atoms with van der Waals surface area (Å²) in [6, 6.07) is 2.58. The topological polar surface area (TPSA) is 95.7 Å². The second-order valence-electron chi connectivity index (χ2n) is 3.64. The van der Waals surface area contributed by atoms with Crippen molar-refractivity contribution in [3.8, 4) is 0 Å². The zero-order valence-corrected chi connectivity index (χ0v) is 13.7. The van der Waals surface area contributed by atoms with E-state index in [1.165, 1.54) is 12.1 Å². The van der Waals surface area contributed by atoms with Crippen molar-refractivity contribution >= 4 is 43.5 Å². The van der Waals surface area contributed by atoms with Crippen molar-refractivity contribution in [1.82, 2.24) is 0 Å². The van der Waals surface area contributed by atoms with E-state index in [9.17, 15) is 13.2 Å². The van der Waals surface area contributed by atoms with Gasteiger partial charge in [0.05, 0.1) is 17.2 Å². The van der Waals surface area contributed by atoms with E-state index in [4.69, 9.17) is 26.2 Å². The van der Waals surface area contributed by atoms with Crippen molar-refractivity contribution in [2.24, 2.45) is 5.14 Å². The minimum absolute atomic E-state index is 0.0419. The number of ether oxygens (including phenoxy) is 2. The smallest absolute Gasteiger partial charge is 0.339 e. The van der Waals surface area contributed by atoms with Crippen LogP contribution in [0.1, 0.15) is 17.3 Å². The van der Waals surface area contributed by atoms with Crippen molar-refractivity contribution in [3.63, 3.8) is 0 Å². The second-order valence-corrected chi connectivity index (χ2v) is 6.47. The molecule has 0 saturated carbocycles. The standard InChI is InChI=1S/C11H13BrClNO5S/c1-2-18-3-4-19-11(15)8-5-7(12)6-9(10(8)13)20(14,16)17/h5-6H,2-4H2,1H3,(H2,14,16,17). The second kappa shape index (κ2) is 7.37. The van der Waals surface area contributed by atoms with E-state index >= 15 is 0 Å². The van der Waals surface area contributed by atoms with Crippen molar-refractivity contribution in [3.05, 3.63) is 27.2 Å². The van der Waals surface area contributed by atoms with Crippen molar-refractivity contribution < 1.29 is 22.7 Å². The monoisotopic (exact) mass is 385 g/mol. The normalized spacial score (nSPS) is 11.4. The highest BCUT2D eigenvalue weighted by atomic mass is 79.9. The lowest BCUT2D eigenvalue weighted by molar-refractivity contribution is 0.0335. The van der Waals surface area contributed by atoms with Gasteiger partial charge in [-0.2, -0.15) is 0 Å². The van der Waals surface area contributed by atoms with Gasteiger partial charge in [-0.3, -0.25) is 0 Å². The van der Waals surface area contributed by atoms with Gasteiger partial charge < -0.3 is 9.47 Å². The molecule has 0 fully saturated rings. The third kappa shape index (κ3) is 4.71. The predicted molar refractivity (Wildman–Crippen MR) is 77.3 cm³/mol. The number of sulfonamides is 1. The molecule has 1 rings (SSSR count). The summed E-state index contributed by atoms with van der Waals surface area (Å²) in [7, 11) is -4.04. The van der Waals surface area contributed by atoms with Crippen LogP contribution in [0.25, 0.3) is 0 Å². The summed E-state index contributed by atoms with van der Waals surface area (Å²) < 4.78 is 33.1. The molecule has 1 aromatic rings. The first-order valence-corrected chi connectivity index (χ1v) is 8.25. The fourth-order valence-electron chi connectivity index (χ4n) is 1.34. The lowest BCUT2D eigenvalue weighted by atomic mass is 10.2. The van der Waals surface area contributed by atoms with Crippen LogP contribution in [0.2, 0.25) is 5.02 Å². The molecule has 0 aliphatic carbocycles. The van der Waals surface area contributed by atoms with Crippen LogP contribution in [0.5, 0.6) is 0 Å².